The zero-order valence-electron chi connectivity index (χ0n) is 61.9. The molecule has 3 fully saturated rings. The number of nitrogens with zero attached hydrogens (tertiary/aromatic N) is 2. The molecule has 12 rings (SSSR count). The molecule has 9 aromatic carbocycles. The van der Waals surface area contributed by atoms with E-state index in [4.69, 9.17) is 108 Å². The molecule has 0 aliphatic carbocycles. The average Bonchev–Trinajstić information content (AvgIpc) is 0.751. The lowest BCUT2D eigenvalue weighted by molar-refractivity contribution is -0.385. The van der Waals surface area contributed by atoms with Gasteiger partial charge in [-0.1, -0.05) is 215 Å². The topological polar surface area (TPSA) is 353 Å². The molecule has 0 saturated carbocycles. The molecule has 9 aromatic rings. The summed E-state index contributed by atoms with van der Waals surface area (Å²) in [7, 11) is 0. The van der Waals surface area contributed by atoms with E-state index >= 15 is 19.2 Å². The Bertz CT molecular complexity index is 4830. The van der Waals surface area contributed by atoms with Crippen LogP contribution in [0.15, 0.2) is 254 Å². The Labute approximate surface area is 694 Å². The Morgan fingerprint density at radius 2 is 0.889 bits per heavy atom. The lowest BCUT2D eigenvalue weighted by Crippen LogP contribution is -2.71. The smallest absolute Gasteiger partial charge is 0.340 e. The summed E-state index contributed by atoms with van der Waals surface area (Å²) in [5.74, 6) is -5.51. The molecule has 33 heteroatoms. The van der Waals surface area contributed by atoms with Crippen LogP contribution in [0.3, 0.4) is 0 Å². The van der Waals surface area contributed by atoms with Crippen LogP contribution < -0.4 is 10.6 Å². The highest BCUT2D eigenvalue weighted by Gasteiger charge is 2.59. The van der Waals surface area contributed by atoms with E-state index in [0.717, 1.165) is 77.0 Å². The fourth-order valence-electron chi connectivity index (χ4n) is 12.8. The van der Waals surface area contributed by atoms with Gasteiger partial charge in [0, 0.05) is 29.2 Å². The number of ether oxygens (including phenoxy) is 13. The molecule has 117 heavy (non-hydrogen) atoms. The maximum absolute atomic E-state index is 15.3. The number of esters is 5. The van der Waals surface area contributed by atoms with Crippen molar-refractivity contribution in [2.45, 2.75) is 127 Å². The Morgan fingerprint density at radius 1 is 0.462 bits per heavy atom. The third-order valence-electron chi connectivity index (χ3n) is 18.6. The molecule has 28 nitrogen and oxygen atoms in total. The fraction of sp³-hybridized carbons (Fsp3) is 0.286. The number of hydrogen-bond donors (Lipinski definition) is 3. The van der Waals surface area contributed by atoms with Gasteiger partial charge in [-0.05, 0) is 96.4 Å². The molecule has 2 amide bonds. The second-order valence-electron chi connectivity index (χ2n) is 26.9. The van der Waals surface area contributed by atoms with Crippen LogP contribution >= 0.6 is 58.2 Å². The minimum atomic E-state index is -2.28. The number of urea groups is 1. The number of nitro benzene ring substituents is 2. The second kappa shape index (κ2) is 41.1. The van der Waals surface area contributed by atoms with Crippen molar-refractivity contribution >= 4 is 105 Å². The number of amides is 2. The number of alkyl halides is 3. The average molecular weight is 1700 g/mol. The number of benzene rings is 9. The second-order valence-corrected chi connectivity index (χ2v) is 31.0. The van der Waals surface area contributed by atoms with Crippen LogP contribution in [0.4, 0.5) is 16.2 Å². The first-order chi connectivity index (χ1) is 56.5. The van der Waals surface area contributed by atoms with Crippen molar-refractivity contribution in [3.8, 4) is 0 Å². The van der Waals surface area contributed by atoms with Crippen LogP contribution in [-0.2, 0) is 81.4 Å². The normalized spacial score (nSPS) is 23.0. The van der Waals surface area contributed by atoms with Crippen LogP contribution in [0.2, 0.25) is 5.02 Å². The zero-order chi connectivity index (χ0) is 82.5. The predicted molar refractivity (Wildman–Crippen MR) is 424 cm³/mol. The van der Waals surface area contributed by atoms with Crippen molar-refractivity contribution < 1.29 is 105 Å². The molecule has 0 spiro atoms. The summed E-state index contributed by atoms with van der Waals surface area (Å²) in [5.41, 5.74) is -0.231. The van der Waals surface area contributed by atoms with E-state index in [2.05, 4.69) is 10.6 Å². The van der Waals surface area contributed by atoms with Crippen LogP contribution in [-0.4, -0.2) is 172 Å². The minimum Gasteiger partial charge on any atom is -0.459 e. The van der Waals surface area contributed by atoms with Crippen molar-refractivity contribution in [3.05, 3.63) is 324 Å². The zero-order valence-corrected chi connectivity index (χ0v) is 65.8. The molecule has 3 saturated heterocycles. The molecule has 3 aliphatic rings. The summed E-state index contributed by atoms with van der Waals surface area (Å²) in [6, 6.07) is 60.5. The van der Waals surface area contributed by atoms with Gasteiger partial charge >= 0.3 is 35.9 Å². The third kappa shape index (κ3) is 23.7. The summed E-state index contributed by atoms with van der Waals surface area (Å²) in [6.07, 6.45) is -24.1. The van der Waals surface area contributed by atoms with Crippen molar-refractivity contribution in [1.29, 1.82) is 0 Å². The van der Waals surface area contributed by atoms with E-state index in [9.17, 15) is 34.9 Å². The van der Waals surface area contributed by atoms with Gasteiger partial charge in [0.05, 0.1) is 75.7 Å². The standard InChI is InChI=1S/C84H76Cl4N4O24S/c1-50-31-41-60(42-32-50)117-82-74(114-79(98)61-29-17-18-30-62(61)85)73(70(113-78(97)57-35-39-59(40-36-57)92(102)103)65(111-82)48-108-76(95)56-33-37-58(38-34-56)91(100)101)116-80-66(90-83(99)89-49-84(86,87)88)71(69(112-77(96)55-27-15-6-16-28-55)64(109-80)47-107-75(94)54-25-13-5-14-26-54)115-81-67(93)72(106-45-53-23-11-4-12-24-53)68(105-44-52-21-9-3-10-22-52)63(110-81)46-104-43-51-19-7-2-8-20-51/h2-42,63-74,80-82,93H,43-49H2,1H3,(H2,89,90,99)/t63-,64-,65-,66-,67-,68+,69+,70+,71-,72-,73+,74-,80+,81+,82+/m1/s1. The Balaban J connectivity index is 1.05. The summed E-state index contributed by atoms with van der Waals surface area (Å²) in [4.78, 5) is 113. The number of halogens is 4. The number of nitrogens with one attached hydrogen (secondary N) is 2. The van der Waals surface area contributed by atoms with Crippen molar-refractivity contribution in [2.75, 3.05) is 26.4 Å². The van der Waals surface area contributed by atoms with Gasteiger partial charge in [0.1, 0.15) is 73.5 Å². The number of non-ortho nitro benzene ring substituents is 2. The largest absolute Gasteiger partial charge is 0.459 e. The minimum absolute atomic E-state index is 0.0299. The van der Waals surface area contributed by atoms with Gasteiger partial charge in [0.15, 0.2) is 30.9 Å². The number of aryl methyl sites for hydroxylation is 1. The van der Waals surface area contributed by atoms with Crippen LogP contribution in [0.1, 0.15) is 74.0 Å². The molecule has 0 aromatic heterocycles. The van der Waals surface area contributed by atoms with Gasteiger partial charge in [-0.2, -0.15) is 0 Å². The van der Waals surface area contributed by atoms with Gasteiger partial charge in [-0.3, -0.25) is 20.2 Å². The van der Waals surface area contributed by atoms with Crippen molar-refractivity contribution in [2.24, 2.45) is 0 Å². The number of aliphatic hydroxyl groups excluding tert-OH is 1. The SMILES string of the molecule is Cc1ccc(S[C@@H]2O[C@H](COC(=O)c3ccc([N+](=O)[O-])cc3)[C@H](OC(=O)c3ccc([N+](=O)[O-])cc3)[C@H](O[C@@H]3O[C@H](COC(=O)c4ccccc4)[C@H](OC(=O)c4ccccc4)[C@H](O[C@@H]4O[C@H](COCc5ccccc5)[C@H](OCc5ccccc5)[C@H](OCc5ccccc5)[C@H]4O)[C@H]3NC(=O)NCC(Cl)(Cl)Cl)[C@H]2OC(=O)c2ccccc2Cl)cc1. The van der Waals surface area contributed by atoms with Crippen molar-refractivity contribution in [1.82, 2.24) is 10.6 Å². The first-order valence-corrected chi connectivity index (χ1v) is 38.9. The first kappa shape index (κ1) is 85.9. The maximum atomic E-state index is 15.3. The first-order valence-electron chi connectivity index (χ1n) is 36.5. The number of aliphatic hydroxyl groups is 1. The van der Waals surface area contributed by atoms with Gasteiger partial charge in [0.25, 0.3) is 11.4 Å². The summed E-state index contributed by atoms with van der Waals surface area (Å²) >= 11 is 26.7. The molecule has 0 bridgehead atoms. The van der Waals surface area contributed by atoms with Crippen molar-refractivity contribution in [3.63, 3.8) is 0 Å². The molecular weight excluding hydrogens is 1620 g/mol. The molecule has 3 aliphatic heterocycles. The monoisotopic (exact) mass is 1700 g/mol. The predicted octanol–water partition coefficient (Wildman–Crippen LogP) is 13.7. The third-order valence-corrected chi connectivity index (χ3v) is 20.5. The van der Waals surface area contributed by atoms with E-state index in [1.807, 2.05) is 67.6 Å². The van der Waals surface area contributed by atoms with E-state index in [-0.39, 0.29) is 65.0 Å². The molecular formula is C84H76Cl4N4O24S. The summed E-state index contributed by atoms with van der Waals surface area (Å²) in [5, 5.41) is 42.4. The lowest BCUT2D eigenvalue weighted by Gasteiger charge is -2.51. The van der Waals surface area contributed by atoms with Crippen LogP contribution in [0.25, 0.3) is 0 Å². The number of thioether (sulfide) groups is 1. The van der Waals surface area contributed by atoms with Gasteiger partial charge in [-0.25, -0.2) is 28.8 Å². The van der Waals surface area contributed by atoms with Crippen LogP contribution in [0, 0.1) is 27.2 Å². The Morgan fingerprint density at radius 3 is 1.41 bits per heavy atom. The maximum Gasteiger partial charge on any atom is 0.340 e. The van der Waals surface area contributed by atoms with E-state index in [1.54, 1.807) is 97.1 Å². The molecule has 610 valence electrons. The van der Waals surface area contributed by atoms with E-state index < -0.39 is 166 Å². The highest BCUT2D eigenvalue weighted by atomic mass is 35.6. The summed E-state index contributed by atoms with van der Waals surface area (Å²) < 4.78 is 85.1. The summed E-state index contributed by atoms with van der Waals surface area (Å²) in [6.45, 7) is -1.15. The molecule has 0 unspecified atom stereocenters. The number of hydrogen-bond acceptors (Lipinski definition) is 25. The highest BCUT2D eigenvalue weighted by Crippen LogP contribution is 2.42. The van der Waals surface area contributed by atoms with Gasteiger partial charge < -0.3 is 77.3 Å². The quantitative estimate of drug-likeness (QED) is 0.0116. The highest BCUT2D eigenvalue weighted by molar-refractivity contribution is 7.99. The van der Waals surface area contributed by atoms with Gasteiger partial charge in [0.2, 0.25) is 3.79 Å². The Kier molecular flexibility index (Phi) is 30.2. The Hall–Kier alpha value is -10.5. The number of rotatable bonds is 32. The lowest BCUT2D eigenvalue weighted by atomic mass is 9.94. The molecule has 3 N–H and O–H groups in total. The molecule has 15 atom stereocenters. The van der Waals surface area contributed by atoms with E-state index in [0.29, 0.717) is 10.5 Å². The molecule has 3 heterocycles. The number of carbonyl (C=O) groups is 6. The number of nitro groups is 2. The molecule has 0 radical (unpaired) electrons. The fourth-order valence-corrected chi connectivity index (χ4v) is 14.3. The van der Waals surface area contributed by atoms with Crippen LogP contribution in [0.5, 0.6) is 0 Å². The van der Waals surface area contributed by atoms with Gasteiger partial charge in [-0.15, -0.1) is 0 Å². The number of carbonyl (C=O) groups excluding carboxylic acids is 6. The van der Waals surface area contributed by atoms with E-state index in [1.165, 1.54) is 42.5 Å².